The van der Waals surface area contributed by atoms with Crippen molar-refractivity contribution in [3.8, 4) is 11.1 Å². The van der Waals surface area contributed by atoms with E-state index >= 15 is 0 Å². The minimum Gasteiger partial charge on any atom is -0.478 e. The van der Waals surface area contributed by atoms with Crippen molar-refractivity contribution in [3.05, 3.63) is 167 Å². The summed E-state index contributed by atoms with van der Waals surface area (Å²) in [7, 11) is 0. The Hall–Kier alpha value is -5.82. The van der Waals surface area contributed by atoms with E-state index in [0.717, 1.165) is 22.3 Å². The van der Waals surface area contributed by atoms with Gasteiger partial charge in [-0.1, -0.05) is 115 Å². The van der Waals surface area contributed by atoms with Crippen LogP contribution in [0.4, 0.5) is 0 Å². The Morgan fingerprint density at radius 1 is 0.429 bits per heavy atom. The number of aromatic carboxylic acids is 3. The first-order valence-corrected chi connectivity index (χ1v) is 12.8. The van der Waals surface area contributed by atoms with E-state index < -0.39 is 17.9 Å². The molecular weight excluding hydrogens is 532 g/mol. The van der Waals surface area contributed by atoms with Crippen LogP contribution in [0.2, 0.25) is 0 Å². The maximum atomic E-state index is 12.3. The fourth-order valence-electron chi connectivity index (χ4n) is 3.91. The third-order valence-electron chi connectivity index (χ3n) is 6.03. The van der Waals surface area contributed by atoms with Crippen molar-refractivity contribution in [1.82, 2.24) is 0 Å². The standard InChI is InChI=1S/C19H14O.C9H8O4.C7H6O2/c20-19(17-9-5-2-6-10-17)18-13-11-16(12-14-18)15-7-3-1-4-8-15;1-5-3-2-4-6(8(10)11)7(5)9(12)13;8-7(9)6-4-2-1-3-5-6/h1-14H;2-4H,1H3,(H,10,11)(H,12,13);1-5H,(H,8,9). The van der Waals surface area contributed by atoms with E-state index in [-0.39, 0.29) is 16.9 Å². The van der Waals surface area contributed by atoms with E-state index in [2.05, 4.69) is 12.1 Å². The molecule has 0 aromatic heterocycles. The van der Waals surface area contributed by atoms with E-state index in [1.54, 1.807) is 43.3 Å². The van der Waals surface area contributed by atoms with Crippen LogP contribution in [0, 0.1) is 6.92 Å². The SMILES string of the molecule is Cc1cccc(C(=O)O)c1C(=O)O.O=C(O)c1ccccc1.O=C(c1ccccc1)c1ccc(-c2ccccc2)cc1. The van der Waals surface area contributed by atoms with E-state index in [1.165, 1.54) is 12.1 Å². The van der Waals surface area contributed by atoms with Crippen LogP contribution in [0.25, 0.3) is 11.1 Å². The van der Waals surface area contributed by atoms with Crippen LogP contribution in [0.5, 0.6) is 0 Å². The topological polar surface area (TPSA) is 129 Å². The lowest BCUT2D eigenvalue weighted by atomic mass is 9.99. The van der Waals surface area contributed by atoms with Gasteiger partial charge in [-0.3, -0.25) is 4.79 Å². The normalized spacial score (nSPS) is 9.74. The highest BCUT2D eigenvalue weighted by molar-refractivity contribution is 6.09. The minimum absolute atomic E-state index is 0.0604. The van der Waals surface area contributed by atoms with Crippen molar-refractivity contribution in [2.45, 2.75) is 6.92 Å². The van der Waals surface area contributed by atoms with Gasteiger partial charge in [0.1, 0.15) is 0 Å². The minimum atomic E-state index is -1.22. The fourth-order valence-corrected chi connectivity index (χ4v) is 3.91. The van der Waals surface area contributed by atoms with Gasteiger partial charge in [0.2, 0.25) is 0 Å². The number of hydrogen-bond acceptors (Lipinski definition) is 4. The number of benzene rings is 5. The highest BCUT2D eigenvalue weighted by Crippen LogP contribution is 2.20. The van der Waals surface area contributed by atoms with Crippen LogP contribution >= 0.6 is 0 Å². The zero-order chi connectivity index (χ0) is 30.5. The van der Waals surface area contributed by atoms with Crippen molar-refractivity contribution in [2.24, 2.45) is 0 Å². The number of rotatable bonds is 6. The number of carboxylic acids is 3. The molecule has 0 aliphatic rings. The Labute approximate surface area is 243 Å². The molecule has 42 heavy (non-hydrogen) atoms. The van der Waals surface area contributed by atoms with Crippen LogP contribution in [-0.2, 0) is 0 Å². The third-order valence-corrected chi connectivity index (χ3v) is 6.03. The lowest BCUT2D eigenvalue weighted by molar-refractivity contribution is 0.0651. The van der Waals surface area contributed by atoms with Gasteiger partial charge in [-0.15, -0.1) is 0 Å². The molecule has 5 aromatic carbocycles. The molecule has 0 aliphatic carbocycles. The summed E-state index contributed by atoms with van der Waals surface area (Å²) in [6.07, 6.45) is 0. The Morgan fingerprint density at radius 2 is 0.881 bits per heavy atom. The summed E-state index contributed by atoms with van der Waals surface area (Å²) in [5, 5.41) is 25.8. The highest BCUT2D eigenvalue weighted by atomic mass is 16.4. The molecule has 5 rings (SSSR count). The molecule has 0 heterocycles. The Morgan fingerprint density at radius 3 is 1.31 bits per heavy atom. The molecule has 210 valence electrons. The van der Waals surface area contributed by atoms with Crippen LogP contribution in [-0.4, -0.2) is 39.0 Å². The number of carbonyl (C=O) groups is 4. The van der Waals surface area contributed by atoms with Gasteiger partial charge >= 0.3 is 17.9 Å². The molecule has 3 N–H and O–H groups in total. The summed E-state index contributed by atoms with van der Waals surface area (Å²) in [5.41, 5.74) is 4.18. The molecule has 0 saturated carbocycles. The first-order chi connectivity index (χ1) is 20.2. The largest absolute Gasteiger partial charge is 0.478 e. The maximum absolute atomic E-state index is 12.3. The van der Waals surface area contributed by atoms with Crippen molar-refractivity contribution in [3.63, 3.8) is 0 Å². The van der Waals surface area contributed by atoms with Gasteiger partial charge in [-0.05, 0) is 41.8 Å². The third kappa shape index (κ3) is 8.59. The Bertz CT molecular complexity index is 1650. The van der Waals surface area contributed by atoms with Crippen molar-refractivity contribution >= 4 is 23.7 Å². The molecule has 0 bridgehead atoms. The number of hydrogen-bond donors (Lipinski definition) is 3. The smallest absolute Gasteiger partial charge is 0.336 e. The van der Waals surface area contributed by atoms with Gasteiger partial charge in [0.05, 0.1) is 16.7 Å². The van der Waals surface area contributed by atoms with Gasteiger partial charge < -0.3 is 15.3 Å². The number of ketones is 1. The molecule has 5 aromatic rings. The summed E-state index contributed by atoms with van der Waals surface area (Å²) >= 11 is 0. The van der Waals surface area contributed by atoms with Crippen LogP contribution in [0.15, 0.2) is 133 Å². The first kappa shape index (κ1) is 30.7. The van der Waals surface area contributed by atoms with Gasteiger partial charge in [0.25, 0.3) is 0 Å². The van der Waals surface area contributed by atoms with Crippen LogP contribution < -0.4 is 0 Å². The van der Waals surface area contributed by atoms with Gasteiger partial charge in [-0.25, -0.2) is 14.4 Å². The second-order valence-electron chi connectivity index (χ2n) is 8.92. The molecular formula is C35H28O7. The lowest BCUT2D eigenvalue weighted by Crippen LogP contribution is -2.09. The van der Waals surface area contributed by atoms with Crippen LogP contribution in [0.3, 0.4) is 0 Å². The molecule has 0 radical (unpaired) electrons. The molecule has 0 saturated heterocycles. The predicted octanol–water partition coefficient (Wildman–Crippen LogP) is 7.36. The molecule has 7 nitrogen and oxygen atoms in total. The predicted molar refractivity (Wildman–Crippen MR) is 160 cm³/mol. The maximum Gasteiger partial charge on any atom is 0.336 e. The molecule has 0 aliphatic heterocycles. The molecule has 0 unspecified atom stereocenters. The summed E-state index contributed by atoms with van der Waals surface area (Å²) < 4.78 is 0. The average molecular weight is 561 g/mol. The van der Waals surface area contributed by atoms with Crippen LogP contribution in [0.1, 0.15) is 52.6 Å². The van der Waals surface area contributed by atoms with E-state index in [1.807, 2.05) is 72.8 Å². The summed E-state index contributed by atoms with van der Waals surface area (Å²) in [6, 6.07) is 39.9. The van der Waals surface area contributed by atoms with E-state index in [0.29, 0.717) is 11.1 Å². The fraction of sp³-hybridized carbons (Fsp3) is 0.0286. The van der Waals surface area contributed by atoms with Gasteiger partial charge in [0.15, 0.2) is 5.78 Å². The molecule has 0 atom stereocenters. The van der Waals surface area contributed by atoms with Crippen molar-refractivity contribution in [2.75, 3.05) is 0 Å². The van der Waals surface area contributed by atoms with Gasteiger partial charge in [-0.2, -0.15) is 0 Å². The zero-order valence-electron chi connectivity index (χ0n) is 22.7. The number of carbonyl (C=O) groups excluding carboxylic acids is 1. The van der Waals surface area contributed by atoms with Crippen molar-refractivity contribution < 1.29 is 34.5 Å². The van der Waals surface area contributed by atoms with E-state index in [4.69, 9.17) is 15.3 Å². The Kier molecular flexibility index (Phi) is 11.0. The number of carboxylic acid groups (broad SMARTS) is 3. The quantitative estimate of drug-likeness (QED) is 0.185. The molecule has 0 amide bonds. The number of aryl methyl sites for hydroxylation is 1. The van der Waals surface area contributed by atoms with Crippen molar-refractivity contribution in [1.29, 1.82) is 0 Å². The average Bonchev–Trinajstić information content (AvgIpc) is 3.02. The Balaban J connectivity index is 0.000000189. The lowest BCUT2D eigenvalue weighted by Gasteiger charge is -2.04. The highest BCUT2D eigenvalue weighted by Gasteiger charge is 2.17. The second-order valence-corrected chi connectivity index (χ2v) is 8.92. The monoisotopic (exact) mass is 560 g/mol. The summed E-state index contributed by atoms with van der Waals surface area (Å²) in [4.78, 5) is 43.8. The summed E-state index contributed by atoms with van der Waals surface area (Å²) in [5.74, 6) is -3.25. The molecule has 7 heteroatoms. The van der Waals surface area contributed by atoms with Gasteiger partial charge in [0, 0.05) is 11.1 Å². The zero-order valence-corrected chi connectivity index (χ0v) is 22.7. The summed E-state index contributed by atoms with van der Waals surface area (Å²) in [6.45, 7) is 1.57. The molecule has 0 fully saturated rings. The first-order valence-electron chi connectivity index (χ1n) is 12.8. The van der Waals surface area contributed by atoms with E-state index in [9.17, 15) is 19.2 Å². The second kappa shape index (κ2) is 15.1. The molecule has 0 spiro atoms.